The first kappa shape index (κ1) is 9.61. The van der Waals surface area contributed by atoms with Crippen molar-refractivity contribution >= 4 is 16.5 Å². The van der Waals surface area contributed by atoms with Crippen molar-refractivity contribution in [2.24, 2.45) is 5.73 Å². The number of carbonyl (C=O) groups is 1. The Morgan fingerprint density at radius 1 is 1.86 bits per heavy atom. The van der Waals surface area contributed by atoms with E-state index in [0.29, 0.717) is 0 Å². The van der Waals surface area contributed by atoms with Crippen molar-refractivity contribution in [3.05, 3.63) is 12.7 Å². The fourth-order valence-corrected chi connectivity index (χ4v) is 0. The monoisotopic (exact) mass is 121 g/mol. The molecule has 0 saturated heterocycles. The fraction of sp³-hybridized carbons (Fsp3) is 0. The molecule has 2 nitrogen and oxygen atoms in total. The number of halogens is 1. The summed E-state index contributed by atoms with van der Waals surface area (Å²) < 4.78 is 9.64. The fourth-order valence-electron chi connectivity index (χ4n) is 0. The number of hydrogen-bond donors (Lipinski definition) is 1. The number of amides is 1. The molecule has 0 heterocycles. The Labute approximate surface area is 44.8 Å². The van der Waals surface area contributed by atoms with E-state index in [2.05, 4.69) is 12.3 Å². The van der Waals surface area contributed by atoms with Crippen LogP contribution in [0.25, 0.3) is 0 Å². The zero-order valence-electron chi connectivity index (χ0n) is 4.15. The second-order valence-corrected chi connectivity index (χ2v) is 0.606. The average Bonchev–Trinajstić information content (AvgIpc) is 1.73. The topological polar surface area (TPSA) is 43.1 Å². The molecule has 0 unspecified atom stereocenters. The highest BCUT2D eigenvalue weighted by atomic mass is 28.2. The van der Waals surface area contributed by atoms with Gasteiger partial charge in [0, 0.05) is 0 Å². The van der Waals surface area contributed by atoms with Gasteiger partial charge in [-0.3, -0.25) is 4.79 Å². The summed E-state index contributed by atoms with van der Waals surface area (Å²) in [6, 6.07) is 0. The Balaban J connectivity index is 0. The van der Waals surface area contributed by atoms with E-state index in [1.807, 2.05) is 0 Å². The number of rotatable bonds is 1. The second kappa shape index (κ2) is 9.02. The highest BCUT2D eigenvalue weighted by Crippen LogP contribution is 1.48. The molecule has 0 saturated carbocycles. The molecule has 0 atom stereocenters. The van der Waals surface area contributed by atoms with Crippen molar-refractivity contribution in [2.75, 3.05) is 0 Å². The number of carbonyl (C=O) groups excluding carboxylic acids is 1. The first-order chi connectivity index (χ1) is 3.27. The molecule has 4 heteroatoms. The van der Waals surface area contributed by atoms with Gasteiger partial charge >= 0.3 is 0 Å². The normalized spacial score (nSPS) is 5.86. The molecule has 0 aliphatic heterocycles. The zero-order chi connectivity index (χ0) is 6.28. The molecule has 0 rings (SSSR count). The van der Waals surface area contributed by atoms with Crippen molar-refractivity contribution in [3.63, 3.8) is 0 Å². The third-order valence-corrected chi connectivity index (χ3v) is 0.201. The lowest BCUT2D eigenvalue weighted by Gasteiger charge is -1.65. The van der Waals surface area contributed by atoms with Gasteiger partial charge in [0.1, 0.15) is 0 Å². The molecule has 0 aromatic carbocycles. The van der Waals surface area contributed by atoms with E-state index in [-0.39, 0.29) is 10.6 Å². The van der Waals surface area contributed by atoms with Crippen LogP contribution in [0.2, 0.25) is 0 Å². The lowest BCUT2D eigenvalue weighted by atomic mass is 10.6. The van der Waals surface area contributed by atoms with Crippen molar-refractivity contribution < 1.29 is 8.90 Å². The van der Waals surface area contributed by atoms with Crippen molar-refractivity contribution in [1.82, 2.24) is 0 Å². The van der Waals surface area contributed by atoms with E-state index in [0.717, 1.165) is 6.08 Å². The lowest BCUT2D eigenvalue weighted by molar-refractivity contribution is -0.113. The summed E-state index contributed by atoms with van der Waals surface area (Å²) in [6.45, 7) is 3.09. The molecule has 0 fully saturated rings. The third kappa shape index (κ3) is 32.8. The van der Waals surface area contributed by atoms with E-state index in [1.54, 1.807) is 0 Å². The van der Waals surface area contributed by atoms with E-state index < -0.39 is 5.91 Å². The first-order valence-electron chi connectivity index (χ1n) is 1.57. The van der Waals surface area contributed by atoms with Crippen molar-refractivity contribution in [3.8, 4) is 0 Å². The molecule has 0 radical (unpaired) electrons. The maximum absolute atomic E-state index is 9.64. The predicted octanol–water partition coefficient (Wildman–Crippen LogP) is -1.11. The first-order valence-corrected chi connectivity index (χ1v) is 2.32. The van der Waals surface area contributed by atoms with Gasteiger partial charge in [0.2, 0.25) is 16.5 Å². The van der Waals surface area contributed by atoms with Crippen LogP contribution in [0.3, 0.4) is 0 Å². The maximum atomic E-state index is 9.64. The Hall–Kier alpha value is -0.643. The van der Waals surface area contributed by atoms with Gasteiger partial charge in [0.25, 0.3) is 0 Å². The Bertz CT molecular complexity index is 66.0. The summed E-state index contributed by atoms with van der Waals surface area (Å²) in [7, 11) is -0.194. The number of primary amides is 1. The molecule has 0 aromatic heterocycles. The summed E-state index contributed by atoms with van der Waals surface area (Å²) in [5.41, 5.74) is 4.53. The maximum Gasteiger partial charge on any atom is 0.240 e. The van der Waals surface area contributed by atoms with Gasteiger partial charge in [0.15, 0.2) is 0 Å². The standard InChI is InChI=1S/C3H5NO.FH3Si/c1-2-3(4)5;1-2/h2H,1H2,(H2,4,5);2H3. The molecule has 0 bridgehead atoms. The molecular formula is C3H8FNOSi. The SMILES string of the molecule is C=CC(N)=O.F[SiH3]. The summed E-state index contributed by atoms with van der Waals surface area (Å²) in [5, 5.41) is 0. The summed E-state index contributed by atoms with van der Waals surface area (Å²) >= 11 is 0. The van der Waals surface area contributed by atoms with Crippen LogP contribution < -0.4 is 5.73 Å². The number of nitrogens with two attached hydrogens (primary N) is 1. The lowest BCUT2D eigenvalue weighted by Crippen LogP contribution is -2.04. The predicted molar refractivity (Wildman–Crippen MR) is 30.4 cm³/mol. The second-order valence-electron chi connectivity index (χ2n) is 0.606. The van der Waals surface area contributed by atoms with E-state index in [1.165, 1.54) is 0 Å². The van der Waals surface area contributed by atoms with Crippen LogP contribution in [0.4, 0.5) is 4.11 Å². The summed E-state index contributed by atoms with van der Waals surface area (Å²) in [5.74, 6) is -0.481. The molecule has 0 aliphatic rings. The van der Waals surface area contributed by atoms with Gasteiger partial charge in [-0.25, -0.2) is 0 Å². The smallest absolute Gasteiger partial charge is 0.240 e. The van der Waals surface area contributed by atoms with Crippen LogP contribution in [0.15, 0.2) is 12.7 Å². The van der Waals surface area contributed by atoms with Crippen LogP contribution >= 0.6 is 0 Å². The highest BCUT2D eigenvalue weighted by Gasteiger charge is 1.69. The summed E-state index contributed by atoms with van der Waals surface area (Å²) in [4.78, 5) is 9.47. The molecule has 0 spiro atoms. The van der Waals surface area contributed by atoms with Crippen molar-refractivity contribution in [1.29, 1.82) is 0 Å². The van der Waals surface area contributed by atoms with Crippen LogP contribution in [-0.2, 0) is 4.79 Å². The molecule has 1 amide bonds. The van der Waals surface area contributed by atoms with Gasteiger partial charge in [-0.05, 0) is 6.08 Å². The van der Waals surface area contributed by atoms with Gasteiger partial charge in [-0.2, -0.15) is 0 Å². The molecule has 2 N–H and O–H groups in total. The number of hydrogen-bond acceptors (Lipinski definition) is 1. The van der Waals surface area contributed by atoms with Crippen molar-refractivity contribution in [2.45, 2.75) is 0 Å². The molecule has 0 aliphatic carbocycles. The van der Waals surface area contributed by atoms with Crippen LogP contribution in [0.1, 0.15) is 0 Å². The van der Waals surface area contributed by atoms with Crippen LogP contribution in [0, 0.1) is 0 Å². The summed E-state index contributed by atoms with van der Waals surface area (Å²) in [6.07, 6.45) is 1.06. The molecule has 0 aromatic rings. The van der Waals surface area contributed by atoms with E-state index in [4.69, 9.17) is 0 Å². The van der Waals surface area contributed by atoms with E-state index >= 15 is 0 Å². The average molecular weight is 121 g/mol. The van der Waals surface area contributed by atoms with E-state index in [9.17, 15) is 8.90 Å². The molecular weight excluding hydrogens is 113 g/mol. The third-order valence-electron chi connectivity index (χ3n) is 0.201. The Morgan fingerprint density at radius 3 is 2.00 bits per heavy atom. The molecule has 7 heavy (non-hydrogen) atoms. The highest BCUT2D eigenvalue weighted by molar-refractivity contribution is 5.96. The van der Waals surface area contributed by atoms with Crippen LogP contribution in [0.5, 0.6) is 0 Å². The zero-order valence-corrected chi connectivity index (χ0v) is 6.15. The molecule has 42 valence electrons. The quantitative estimate of drug-likeness (QED) is 0.267. The largest absolute Gasteiger partial charge is 0.366 e. The Kier molecular flexibility index (Phi) is 12.4. The van der Waals surface area contributed by atoms with Gasteiger partial charge < -0.3 is 9.84 Å². The minimum atomic E-state index is -0.481. The van der Waals surface area contributed by atoms with Gasteiger partial charge in [-0.15, -0.1) is 0 Å². The Morgan fingerprint density at radius 2 is 2.00 bits per heavy atom. The van der Waals surface area contributed by atoms with Gasteiger partial charge in [0.05, 0.1) is 0 Å². The minimum absolute atomic E-state index is 0.194. The van der Waals surface area contributed by atoms with Crippen LogP contribution in [-0.4, -0.2) is 16.5 Å². The minimum Gasteiger partial charge on any atom is -0.366 e. The van der Waals surface area contributed by atoms with Gasteiger partial charge in [-0.1, -0.05) is 6.58 Å².